The SMILES string of the molecule is CS(=O)(=O)c1ccc2c(c1)NCC(c1ccc(F)cc1)O2. The zero-order valence-corrected chi connectivity index (χ0v) is 12.2. The minimum atomic E-state index is -3.24. The maximum Gasteiger partial charge on any atom is 0.175 e. The van der Waals surface area contributed by atoms with Crippen molar-refractivity contribution in [2.75, 3.05) is 18.1 Å². The Morgan fingerprint density at radius 2 is 1.90 bits per heavy atom. The molecule has 0 spiro atoms. The predicted octanol–water partition coefficient (Wildman–Crippen LogP) is 2.77. The summed E-state index contributed by atoms with van der Waals surface area (Å²) in [6.07, 6.45) is 0.932. The largest absolute Gasteiger partial charge is 0.482 e. The second-order valence-corrected chi connectivity index (χ2v) is 6.98. The van der Waals surface area contributed by atoms with Crippen LogP contribution in [0, 0.1) is 5.82 Å². The van der Waals surface area contributed by atoms with E-state index in [0.29, 0.717) is 18.0 Å². The van der Waals surface area contributed by atoms with Gasteiger partial charge in [-0.05, 0) is 35.9 Å². The van der Waals surface area contributed by atoms with E-state index in [1.54, 1.807) is 24.3 Å². The third-order valence-electron chi connectivity index (χ3n) is 3.37. The maximum atomic E-state index is 12.9. The van der Waals surface area contributed by atoms with E-state index in [-0.39, 0.29) is 16.8 Å². The van der Waals surface area contributed by atoms with E-state index >= 15 is 0 Å². The Kier molecular flexibility index (Phi) is 3.33. The van der Waals surface area contributed by atoms with Crippen molar-refractivity contribution in [3.8, 4) is 5.75 Å². The van der Waals surface area contributed by atoms with Gasteiger partial charge in [0.1, 0.15) is 17.7 Å². The van der Waals surface area contributed by atoms with E-state index < -0.39 is 9.84 Å². The molecule has 2 aromatic carbocycles. The Hall–Kier alpha value is -2.08. The number of nitrogens with one attached hydrogen (secondary N) is 1. The predicted molar refractivity (Wildman–Crippen MR) is 77.8 cm³/mol. The fourth-order valence-electron chi connectivity index (χ4n) is 2.24. The molecule has 0 radical (unpaired) electrons. The third kappa shape index (κ3) is 2.85. The van der Waals surface area contributed by atoms with Crippen molar-refractivity contribution >= 4 is 15.5 Å². The molecule has 6 heteroatoms. The first-order valence-electron chi connectivity index (χ1n) is 6.43. The molecule has 110 valence electrons. The molecule has 0 saturated carbocycles. The Morgan fingerprint density at radius 1 is 1.19 bits per heavy atom. The first kappa shape index (κ1) is 13.9. The van der Waals surface area contributed by atoms with Crippen molar-refractivity contribution in [1.82, 2.24) is 0 Å². The van der Waals surface area contributed by atoms with Gasteiger partial charge in [0.05, 0.1) is 17.1 Å². The van der Waals surface area contributed by atoms with Crippen LogP contribution in [0.25, 0.3) is 0 Å². The van der Waals surface area contributed by atoms with Crippen LogP contribution in [0.5, 0.6) is 5.75 Å². The number of sulfone groups is 1. The summed E-state index contributed by atoms with van der Waals surface area (Å²) in [6, 6.07) is 10.8. The van der Waals surface area contributed by atoms with E-state index in [2.05, 4.69) is 5.32 Å². The van der Waals surface area contributed by atoms with Gasteiger partial charge in [-0.15, -0.1) is 0 Å². The number of hydrogen-bond donors (Lipinski definition) is 1. The van der Waals surface area contributed by atoms with Crippen LogP contribution in [0.2, 0.25) is 0 Å². The number of hydrogen-bond acceptors (Lipinski definition) is 4. The van der Waals surface area contributed by atoms with Gasteiger partial charge in [0.2, 0.25) is 0 Å². The summed E-state index contributed by atoms with van der Waals surface area (Å²) in [5.41, 5.74) is 1.51. The Balaban J connectivity index is 1.88. The second kappa shape index (κ2) is 5.04. The average Bonchev–Trinajstić information content (AvgIpc) is 2.46. The van der Waals surface area contributed by atoms with E-state index in [9.17, 15) is 12.8 Å². The average molecular weight is 307 g/mol. The lowest BCUT2D eigenvalue weighted by Gasteiger charge is -2.28. The van der Waals surface area contributed by atoms with E-state index in [4.69, 9.17) is 4.74 Å². The number of ether oxygens (including phenoxy) is 1. The molecule has 0 amide bonds. The van der Waals surface area contributed by atoms with Gasteiger partial charge in [-0.2, -0.15) is 0 Å². The number of benzene rings is 2. The fourth-order valence-corrected chi connectivity index (χ4v) is 2.89. The Labute approximate surface area is 122 Å². The molecule has 0 aromatic heterocycles. The highest BCUT2D eigenvalue weighted by Gasteiger charge is 2.22. The molecule has 0 saturated heterocycles. The highest BCUT2D eigenvalue weighted by Crippen LogP contribution is 2.35. The lowest BCUT2D eigenvalue weighted by Crippen LogP contribution is -2.23. The molecule has 2 aromatic rings. The molecule has 21 heavy (non-hydrogen) atoms. The Morgan fingerprint density at radius 3 is 2.57 bits per heavy atom. The Bertz CT molecular complexity index is 772. The van der Waals surface area contributed by atoms with Crippen LogP contribution in [0.3, 0.4) is 0 Å². The lowest BCUT2D eigenvalue weighted by atomic mass is 10.1. The molecule has 1 heterocycles. The summed E-state index contributed by atoms with van der Waals surface area (Å²) in [5.74, 6) is 0.295. The summed E-state index contributed by atoms with van der Waals surface area (Å²) in [7, 11) is -3.24. The van der Waals surface area contributed by atoms with Crippen LogP contribution < -0.4 is 10.1 Å². The van der Waals surface area contributed by atoms with Gasteiger partial charge in [0.15, 0.2) is 9.84 Å². The highest BCUT2D eigenvalue weighted by atomic mass is 32.2. The number of anilines is 1. The molecule has 4 nitrogen and oxygen atoms in total. The lowest BCUT2D eigenvalue weighted by molar-refractivity contribution is 0.210. The van der Waals surface area contributed by atoms with E-state index in [1.165, 1.54) is 24.5 Å². The van der Waals surface area contributed by atoms with Crippen LogP contribution in [0.4, 0.5) is 10.1 Å². The molecule has 0 fully saturated rings. The van der Waals surface area contributed by atoms with Gasteiger partial charge in [0, 0.05) is 6.26 Å². The van der Waals surface area contributed by atoms with Crippen LogP contribution >= 0.6 is 0 Å². The molecular weight excluding hydrogens is 293 g/mol. The summed E-state index contributed by atoms with van der Waals surface area (Å²) >= 11 is 0. The van der Waals surface area contributed by atoms with Crippen LogP contribution in [-0.4, -0.2) is 21.2 Å². The molecule has 1 unspecified atom stereocenters. The highest BCUT2D eigenvalue weighted by molar-refractivity contribution is 7.90. The molecule has 0 bridgehead atoms. The van der Waals surface area contributed by atoms with Gasteiger partial charge in [-0.3, -0.25) is 0 Å². The monoisotopic (exact) mass is 307 g/mol. The normalized spacial score (nSPS) is 17.5. The van der Waals surface area contributed by atoms with Gasteiger partial charge >= 0.3 is 0 Å². The molecule has 1 aliphatic heterocycles. The van der Waals surface area contributed by atoms with Crippen LogP contribution in [0.15, 0.2) is 47.4 Å². The summed E-state index contributed by atoms with van der Waals surface area (Å²) in [5, 5.41) is 3.16. The molecular formula is C15H14FNO3S. The molecule has 1 atom stereocenters. The van der Waals surface area contributed by atoms with Crippen molar-refractivity contribution in [3.63, 3.8) is 0 Å². The zero-order valence-electron chi connectivity index (χ0n) is 11.3. The fraction of sp³-hybridized carbons (Fsp3) is 0.200. The number of rotatable bonds is 2. The standard InChI is InChI=1S/C15H14FNO3S/c1-21(18,19)12-6-7-14-13(8-12)17-9-15(20-14)10-2-4-11(16)5-3-10/h2-8,15,17H,9H2,1H3. The van der Waals surface area contributed by atoms with Crippen molar-refractivity contribution < 1.29 is 17.5 Å². The summed E-state index contributed by atoms with van der Waals surface area (Å²) in [4.78, 5) is 0.248. The topological polar surface area (TPSA) is 55.4 Å². The molecule has 1 N–H and O–H groups in total. The van der Waals surface area contributed by atoms with Crippen molar-refractivity contribution in [2.45, 2.75) is 11.0 Å². The molecule has 1 aliphatic rings. The van der Waals surface area contributed by atoms with Crippen LogP contribution in [0.1, 0.15) is 11.7 Å². The van der Waals surface area contributed by atoms with Crippen LogP contribution in [-0.2, 0) is 9.84 Å². The van der Waals surface area contributed by atoms with Gasteiger partial charge in [-0.1, -0.05) is 12.1 Å². The second-order valence-electron chi connectivity index (χ2n) is 4.97. The summed E-state index contributed by atoms with van der Waals surface area (Å²) < 4.78 is 41.8. The minimum absolute atomic E-state index is 0.234. The molecule has 3 rings (SSSR count). The van der Waals surface area contributed by atoms with E-state index in [1.807, 2.05) is 0 Å². The zero-order chi connectivity index (χ0) is 15.0. The molecule has 0 aliphatic carbocycles. The maximum absolute atomic E-state index is 12.9. The third-order valence-corrected chi connectivity index (χ3v) is 4.48. The smallest absolute Gasteiger partial charge is 0.175 e. The first-order chi connectivity index (χ1) is 9.93. The van der Waals surface area contributed by atoms with Gasteiger partial charge in [-0.25, -0.2) is 12.8 Å². The van der Waals surface area contributed by atoms with Gasteiger partial charge in [0.25, 0.3) is 0 Å². The quantitative estimate of drug-likeness (QED) is 0.927. The number of fused-ring (bicyclic) bond motifs is 1. The van der Waals surface area contributed by atoms with Crippen molar-refractivity contribution in [2.24, 2.45) is 0 Å². The minimum Gasteiger partial charge on any atom is -0.482 e. The number of halogens is 1. The van der Waals surface area contributed by atoms with Crippen molar-refractivity contribution in [1.29, 1.82) is 0 Å². The van der Waals surface area contributed by atoms with Gasteiger partial charge < -0.3 is 10.1 Å². The summed E-state index contributed by atoms with van der Waals surface area (Å²) in [6.45, 7) is 0.492. The first-order valence-corrected chi connectivity index (χ1v) is 8.33. The van der Waals surface area contributed by atoms with Crippen molar-refractivity contribution in [3.05, 3.63) is 53.8 Å². The van der Waals surface area contributed by atoms with E-state index in [0.717, 1.165) is 5.56 Å².